The fraction of sp³-hybridized carbons (Fsp3) is 0.350. The lowest BCUT2D eigenvalue weighted by molar-refractivity contribution is 0.0634. The molecule has 1 aliphatic heterocycles. The average Bonchev–Trinajstić information content (AvgIpc) is 2.69. The Morgan fingerprint density at radius 1 is 0.920 bits per heavy atom. The van der Waals surface area contributed by atoms with E-state index in [4.69, 9.17) is 0 Å². The first-order valence-corrected chi connectivity index (χ1v) is 8.74. The zero-order valence-corrected chi connectivity index (χ0v) is 14.3. The first-order valence-electron chi connectivity index (χ1n) is 8.74. The van der Waals surface area contributed by atoms with Gasteiger partial charge in [0.15, 0.2) is 5.78 Å². The minimum absolute atomic E-state index is 0.0482. The highest BCUT2D eigenvalue weighted by molar-refractivity contribution is 5.96. The van der Waals surface area contributed by atoms with Crippen LogP contribution in [-0.4, -0.2) is 59.2 Å². The summed E-state index contributed by atoms with van der Waals surface area (Å²) >= 11 is 0. The van der Waals surface area contributed by atoms with Crippen LogP contribution in [0.15, 0.2) is 54.9 Å². The summed E-state index contributed by atoms with van der Waals surface area (Å²) < 4.78 is 0. The second-order valence-corrected chi connectivity index (χ2v) is 6.27. The number of piperazine rings is 1. The Labute approximate surface area is 148 Å². The number of aromatic nitrogens is 1. The van der Waals surface area contributed by atoms with Gasteiger partial charge in [0.1, 0.15) is 0 Å². The minimum atomic E-state index is 0.0482. The van der Waals surface area contributed by atoms with Gasteiger partial charge in [-0.05, 0) is 25.1 Å². The van der Waals surface area contributed by atoms with E-state index in [2.05, 4.69) is 9.88 Å². The van der Waals surface area contributed by atoms with Crippen LogP contribution in [0.1, 0.15) is 33.6 Å². The Bertz CT molecular complexity index is 693. The molecule has 25 heavy (non-hydrogen) atoms. The number of benzene rings is 1. The summed E-state index contributed by atoms with van der Waals surface area (Å²) in [7, 11) is 0. The summed E-state index contributed by atoms with van der Waals surface area (Å²) in [4.78, 5) is 32.7. The summed E-state index contributed by atoms with van der Waals surface area (Å²) in [5.74, 6) is 0.248. The van der Waals surface area contributed by atoms with Gasteiger partial charge in [0.25, 0.3) is 5.91 Å². The van der Waals surface area contributed by atoms with Crippen LogP contribution in [0.25, 0.3) is 0 Å². The molecule has 1 aromatic heterocycles. The number of pyridine rings is 1. The minimum Gasteiger partial charge on any atom is -0.336 e. The maximum absolute atomic E-state index is 12.4. The van der Waals surface area contributed by atoms with Crippen molar-refractivity contribution in [2.24, 2.45) is 0 Å². The first-order chi connectivity index (χ1) is 12.2. The third-order valence-electron chi connectivity index (χ3n) is 4.54. The molecule has 1 fully saturated rings. The molecule has 0 N–H and O–H groups in total. The lowest BCUT2D eigenvalue weighted by Gasteiger charge is -2.34. The largest absolute Gasteiger partial charge is 0.336 e. The van der Waals surface area contributed by atoms with Crippen molar-refractivity contribution in [1.29, 1.82) is 0 Å². The molecule has 0 aliphatic carbocycles. The summed E-state index contributed by atoms with van der Waals surface area (Å²) in [5.41, 5.74) is 1.43. The van der Waals surface area contributed by atoms with E-state index in [1.807, 2.05) is 35.2 Å². The first kappa shape index (κ1) is 17.3. The van der Waals surface area contributed by atoms with Gasteiger partial charge in [-0.15, -0.1) is 0 Å². The molecule has 0 unspecified atom stereocenters. The highest BCUT2D eigenvalue weighted by atomic mass is 16.2. The molecule has 1 aliphatic rings. The number of rotatable bonds is 6. The maximum atomic E-state index is 12.4. The van der Waals surface area contributed by atoms with Gasteiger partial charge in [0, 0.05) is 50.6 Å². The van der Waals surface area contributed by atoms with Gasteiger partial charge in [-0.3, -0.25) is 19.5 Å². The smallest absolute Gasteiger partial charge is 0.255 e. The van der Waals surface area contributed by atoms with Gasteiger partial charge in [0.2, 0.25) is 0 Å². The van der Waals surface area contributed by atoms with Crippen LogP contribution in [0.5, 0.6) is 0 Å². The van der Waals surface area contributed by atoms with Crippen molar-refractivity contribution in [2.75, 3.05) is 32.7 Å². The van der Waals surface area contributed by atoms with Crippen LogP contribution in [-0.2, 0) is 0 Å². The van der Waals surface area contributed by atoms with Crippen LogP contribution in [0.4, 0.5) is 0 Å². The van der Waals surface area contributed by atoms with Crippen LogP contribution >= 0.6 is 0 Å². The van der Waals surface area contributed by atoms with Crippen LogP contribution in [0.3, 0.4) is 0 Å². The lowest BCUT2D eigenvalue weighted by Crippen LogP contribution is -2.48. The zero-order valence-electron chi connectivity index (χ0n) is 14.3. The normalized spacial score (nSPS) is 15.1. The third-order valence-corrected chi connectivity index (χ3v) is 4.54. The molecular formula is C20H23N3O2. The Hall–Kier alpha value is -2.53. The molecule has 0 bridgehead atoms. The molecule has 0 spiro atoms. The number of hydrogen-bond acceptors (Lipinski definition) is 4. The van der Waals surface area contributed by atoms with E-state index in [-0.39, 0.29) is 11.7 Å². The van der Waals surface area contributed by atoms with E-state index in [0.29, 0.717) is 12.0 Å². The molecular weight excluding hydrogens is 314 g/mol. The number of amides is 1. The van der Waals surface area contributed by atoms with Crippen molar-refractivity contribution in [3.8, 4) is 0 Å². The molecule has 5 nitrogen and oxygen atoms in total. The van der Waals surface area contributed by atoms with Crippen molar-refractivity contribution in [1.82, 2.24) is 14.8 Å². The second-order valence-electron chi connectivity index (χ2n) is 6.27. The molecule has 3 rings (SSSR count). The van der Waals surface area contributed by atoms with E-state index < -0.39 is 0 Å². The Morgan fingerprint density at radius 3 is 2.32 bits per heavy atom. The van der Waals surface area contributed by atoms with Crippen molar-refractivity contribution >= 4 is 11.7 Å². The molecule has 5 heteroatoms. The Morgan fingerprint density at radius 2 is 1.64 bits per heavy atom. The fourth-order valence-electron chi connectivity index (χ4n) is 3.08. The van der Waals surface area contributed by atoms with Gasteiger partial charge < -0.3 is 4.90 Å². The second kappa shape index (κ2) is 8.53. The quantitative estimate of drug-likeness (QED) is 0.760. The Balaban J connectivity index is 1.39. The van der Waals surface area contributed by atoms with Crippen LogP contribution < -0.4 is 0 Å². The molecule has 0 saturated carbocycles. The van der Waals surface area contributed by atoms with E-state index in [1.165, 1.54) is 0 Å². The van der Waals surface area contributed by atoms with E-state index >= 15 is 0 Å². The van der Waals surface area contributed by atoms with Crippen LogP contribution in [0, 0.1) is 0 Å². The highest BCUT2D eigenvalue weighted by Gasteiger charge is 2.22. The van der Waals surface area contributed by atoms with Crippen LogP contribution in [0.2, 0.25) is 0 Å². The van der Waals surface area contributed by atoms with Gasteiger partial charge in [-0.25, -0.2) is 0 Å². The SMILES string of the molecule is O=C(CCCN1CCN(C(=O)c2cccnc2)CC1)c1ccccc1. The highest BCUT2D eigenvalue weighted by Crippen LogP contribution is 2.10. The zero-order chi connectivity index (χ0) is 17.5. The van der Waals surface area contributed by atoms with Gasteiger partial charge in [-0.1, -0.05) is 30.3 Å². The van der Waals surface area contributed by atoms with Crippen molar-refractivity contribution in [2.45, 2.75) is 12.8 Å². The molecule has 2 aromatic rings. The predicted octanol–water partition coefficient (Wildman–Crippen LogP) is 2.50. The van der Waals surface area contributed by atoms with Gasteiger partial charge in [-0.2, -0.15) is 0 Å². The number of ketones is 1. The summed E-state index contributed by atoms with van der Waals surface area (Å²) in [6.07, 6.45) is 4.71. The Kier molecular flexibility index (Phi) is 5.90. The standard InChI is InChI=1S/C20H23N3O2/c24-19(17-6-2-1-3-7-17)9-5-11-22-12-14-23(15-13-22)20(25)18-8-4-10-21-16-18/h1-4,6-8,10,16H,5,9,11-15H2. The van der Waals surface area contributed by atoms with Gasteiger partial charge >= 0.3 is 0 Å². The number of carbonyl (C=O) groups excluding carboxylic acids is 2. The fourth-order valence-corrected chi connectivity index (χ4v) is 3.08. The van der Waals surface area contributed by atoms with Crippen molar-refractivity contribution in [3.63, 3.8) is 0 Å². The molecule has 1 amide bonds. The number of nitrogens with zero attached hydrogens (tertiary/aromatic N) is 3. The summed E-state index contributed by atoms with van der Waals surface area (Å²) in [5, 5.41) is 0. The topological polar surface area (TPSA) is 53.5 Å². The molecule has 2 heterocycles. The molecule has 130 valence electrons. The monoisotopic (exact) mass is 337 g/mol. The van der Waals surface area contributed by atoms with Crippen molar-refractivity contribution in [3.05, 3.63) is 66.0 Å². The molecule has 0 atom stereocenters. The van der Waals surface area contributed by atoms with E-state index in [9.17, 15) is 9.59 Å². The van der Waals surface area contributed by atoms with E-state index in [1.54, 1.807) is 24.5 Å². The number of Topliss-reactive ketones (excluding diaryl/α,β-unsaturated/α-hetero) is 1. The number of carbonyl (C=O) groups is 2. The maximum Gasteiger partial charge on any atom is 0.255 e. The average molecular weight is 337 g/mol. The molecule has 1 aromatic carbocycles. The molecule has 0 radical (unpaired) electrons. The summed E-state index contributed by atoms with van der Waals surface area (Å²) in [6.45, 7) is 4.05. The predicted molar refractivity (Wildman–Crippen MR) is 96.6 cm³/mol. The lowest BCUT2D eigenvalue weighted by atomic mass is 10.1. The van der Waals surface area contributed by atoms with E-state index in [0.717, 1.165) is 44.7 Å². The van der Waals surface area contributed by atoms with Crippen molar-refractivity contribution < 1.29 is 9.59 Å². The summed E-state index contributed by atoms with van der Waals surface area (Å²) in [6, 6.07) is 13.0. The third kappa shape index (κ3) is 4.73. The molecule has 1 saturated heterocycles. The number of hydrogen-bond donors (Lipinski definition) is 0. The van der Waals surface area contributed by atoms with Gasteiger partial charge in [0.05, 0.1) is 5.56 Å².